The van der Waals surface area contributed by atoms with Crippen LogP contribution in [0, 0.1) is 18.3 Å². The van der Waals surface area contributed by atoms with E-state index >= 15 is 0 Å². The van der Waals surface area contributed by atoms with Gasteiger partial charge in [0.25, 0.3) is 5.91 Å². The fraction of sp³-hybridized carbons (Fsp3) is 0.300. The van der Waals surface area contributed by atoms with Gasteiger partial charge in [-0.3, -0.25) is 4.79 Å². The third-order valence-electron chi connectivity index (χ3n) is 3.85. The lowest BCUT2D eigenvalue weighted by molar-refractivity contribution is -0.132. The molecule has 0 aromatic heterocycles. The zero-order chi connectivity index (χ0) is 18.9. The molecule has 6 nitrogen and oxygen atoms in total. The summed E-state index contributed by atoms with van der Waals surface area (Å²) in [5, 5.41) is 8.90. The number of ether oxygens (including phenoxy) is 3. The zero-order valence-corrected chi connectivity index (χ0v) is 15.2. The molecule has 1 amide bonds. The minimum absolute atomic E-state index is 0.122. The molecule has 26 heavy (non-hydrogen) atoms. The molecule has 0 bridgehead atoms. The molecular formula is C20H22N2O4. The van der Waals surface area contributed by atoms with Gasteiger partial charge in [-0.25, -0.2) is 0 Å². The van der Waals surface area contributed by atoms with Gasteiger partial charge in [0.05, 0.1) is 25.3 Å². The van der Waals surface area contributed by atoms with Crippen LogP contribution in [0.25, 0.3) is 0 Å². The predicted molar refractivity (Wildman–Crippen MR) is 97.5 cm³/mol. The standard InChI is InChI=1S/C20H22N2O4/c1-15-6-4-5-7-17(15)25-11-10-22(2)20(23)14-26-18-9-8-16(13-21)12-19(18)24-3/h4-9,12H,10-11,14H2,1-3H3. The number of rotatable bonds is 8. The van der Waals surface area contributed by atoms with Gasteiger partial charge in [-0.1, -0.05) is 18.2 Å². The van der Waals surface area contributed by atoms with Gasteiger partial charge in [0.2, 0.25) is 0 Å². The van der Waals surface area contributed by atoms with Gasteiger partial charge >= 0.3 is 0 Å². The van der Waals surface area contributed by atoms with E-state index < -0.39 is 0 Å². The summed E-state index contributed by atoms with van der Waals surface area (Å²) in [5.41, 5.74) is 1.52. The highest BCUT2D eigenvalue weighted by Crippen LogP contribution is 2.27. The molecule has 0 saturated heterocycles. The van der Waals surface area contributed by atoms with Crippen LogP contribution in [0.5, 0.6) is 17.2 Å². The Bertz CT molecular complexity index is 799. The van der Waals surface area contributed by atoms with Crippen molar-refractivity contribution in [1.82, 2.24) is 4.90 Å². The van der Waals surface area contributed by atoms with Crippen molar-refractivity contribution in [3.63, 3.8) is 0 Å². The molecule has 0 fully saturated rings. The van der Waals surface area contributed by atoms with Gasteiger partial charge < -0.3 is 19.1 Å². The molecule has 0 heterocycles. The highest BCUT2D eigenvalue weighted by Gasteiger charge is 2.12. The van der Waals surface area contributed by atoms with E-state index in [9.17, 15) is 4.79 Å². The summed E-state index contributed by atoms with van der Waals surface area (Å²) in [6.07, 6.45) is 0. The minimum Gasteiger partial charge on any atom is -0.493 e. The highest BCUT2D eigenvalue weighted by atomic mass is 16.5. The fourth-order valence-corrected chi connectivity index (χ4v) is 2.24. The number of para-hydroxylation sites is 1. The second-order valence-electron chi connectivity index (χ2n) is 5.70. The normalized spacial score (nSPS) is 9.92. The van der Waals surface area contributed by atoms with Crippen molar-refractivity contribution in [2.45, 2.75) is 6.92 Å². The van der Waals surface area contributed by atoms with Crippen LogP contribution in [0.15, 0.2) is 42.5 Å². The van der Waals surface area contributed by atoms with Crippen molar-refractivity contribution in [3.05, 3.63) is 53.6 Å². The van der Waals surface area contributed by atoms with E-state index in [-0.39, 0.29) is 12.5 Å². The molecule has 0 atom stereocenters. The second-order valence-corrected chi connectivity index (χ2v) is 5.70. The number of nitrogens with zero attached hydrogens (tertiary/aromatic N) is 2. The van der Waals surface area contributed by atoms with Crippen molar-refractivity contribution in [3.8, 4) is 23.3 Å². The molecule has 0 spiro atoms. The molecule has 0 aliphatic rings. The average Bonchev–Trinajstić information content (AvgIpc) is 2.67. The maximum absolute atomic E-state index is 12.2. The second kappa shape index (κ2) is 9.33. The largest absolute Gasteiger partial charge is 0.493 e. The monoisotopic (exact) mass is 354 g/mol. The fourth-order valence-electron chi connectivity index (χ4n) is 2.24. The van der Waals surface area contributed by atoms with Gasteiger partial charge in [-0.05, 0) is 30.7 Å². The summed E-state index contributed by atoms with van der Waals surface area (Å²) in [7, 11) is 3.18. The first-order valence-corrected chi connectivity index (χ1v) is 8.18. The molecule has 0 unspecified atom stereocenters. The van der Waals surface area contributed by atoms with Crippen LogP contribution in [0.4, 0.5) is 0 Å². The number of likely N-dealkylation sites (N-methyl/N-ethyl adjacent to an activating group) is 1. The number of carbonyl (C=O) groups is 1. The SMILES string of the molecule is COc1cc(C#N)ccc1OCC(=O)N(C)CCOc1ccccc1C. The zero-order valence-electron chi connectivity index (χ0n) is 15.2. The Labute approximate surface area is 153 Å². The molecule has 0 saturated carbocycles. The van der Waals surface area contributed by atoms with Crippen LogP contribution in [0.3, 0.4) is 0 Å². The summed E-state index contributed by atoms with van der Waals surface area (Å²) in [4.78, 5) is 13.8. The van der Waals surface area contributed by atoms with E-state index in [1.54, 1.807) is 30.1 Å². The topological polar surface area (TPSA) is 71.8 Å². The van der Waals surface area contributed by atoms with E-state index in [0.29, 0.717) is 30.2 Å². The van der Waals surface area contributed by atoms with Crippen LogP contribution >= 0.6 is 0 Å². The number of amides is 1. The Morgan fingerprint density at radius 2 is 1.88 bits per heavy atom. The van der Waals surface area contributed by atoms with Gasteiger partial charge in [-0.2, -0.15) is 5.26 Å². The van der Waals surface area contributed by atoms with Crippen LogP contribution in [0.2, 0.25) is 0 Å². The first-order chi connectivity index (χ1) is 12.5. The molecule has 0 N–H and O–H groups in total. The lowest BCUT2D eigenvalue weighted by Crippen LogP contribution is -2.34. The summed E-state index contributed by atoms with van der Waals surface area (Å²) >= 11 is 0. The Morgan fingerprint density at radius 1 is 1.12 bits per heavy atom. The Balaban J connectivity index is 1.82. The average molecular weight is 354 g/mol. The van der Waals surface area contributed by atoms with E-state index in [1.165, 1.54) is 7.11 Å². The molecule has 6 heteroatoms. The Hall–Kier alpha value is -3.20. The first-order valence-electron chi connectivity index (χ1n) is 8.18. The van der Waals surface area contributed by atoms with E-state index in [0.717, 1.165) is 11.3 Å². The first kappa shape index (κ1) is 19.1. The summed E-state index contributed by atoms with van der Waals surface area (Å²) in [6.45, 7) is 2.69. The minimum atomic E-state index is -0.176. The third-order valence-corrected chi connectivity index (χ3v) is 3.85. The van der Waals surface area contributed by atoms with Gasteiger partial charge in [-0.15, -0.1) is 0 Å². The smallest absolute Gasteiger partial charge is 0.260 e. The van der Waals surface area contributed by atoms with Crippen LogP contribution in [0.1, 0.15) is 11.1 Å². The molecule has 2 aromatic rings. The lowest BCUT2D eigenvalue weighted by Gasteiger charge is -2.18. The third kappa shape index (κ3) is 5.15. The van der Waals surface area contributed by atoms with Gasteiger partial charge in [0.15, 0.2) is 18.1 Å². The number of methoxy groups -OCH3 is 1. The van der Waals surface area contributed by atoms with Crippen molar-refractivity contribution < 1.29 is 19.0 Å². The van der Waals surface area contributed by atoms with Gasteiger partial charge in [0.1, 0.15) is 12.4 Å². The summed E-state index contributed by atoms with van der Waals surface area (Å²) in [5.74, 6) is 1.48. The number of aryl methyl sites for hydroxylation is 1. The molecule has 0 aliphatic carbocycles. The van der Waals surface area contributed by atoms with E-state index in [2.05, 4.69) is 0 Å². The molecular weight excluding hydrogens is 332 g/mol. The Morgan fingerprint density at radius 3 is 2.58 bits per heavy atom. The van der Waals surface area contributed by atoms with E-state index in [1.807, 2.05) is 37.3 Å². The Kier molecular flexibility index (Phi) is 6.86. The van der Waals surface area contributed by atoms with Crippen LogP contribution in [-0.2, 0) is 4.79 Å². The van der Waals surface area contributed by atoms with Crippen LogP contribution in [-0.4, -0.2) is 44.7 Å². The van der Waals surface area contributed by atoms with Crippen molar-refractivity contribution in [2.75, 3.05) is 33.9 Å². The number of benzene rings is 2. The quantitative estimate of drug-likeness (QED) is 0.729. The predicted octanol–water partition coefficient (Wildman–Crippen LogP) is 2.79. The number of hydrogen-bond acceptors (Lipinski definition) is 5. The summed E-state index contributed by atoms with van der Waals surface area (Å²) in [6, 6.07) is 14.6. The van der Waals surface area contributed by atoms with E-state index in [4.69, 9.17) is 19.5 Å². The summed E-state index contributed by atoms with van der Waals surface area (Å²) < 4.78 is 16.4. The van der Waals surface area contributed by atoms with Crippen molar-refractivity contribution >= 4 is 5.91 Å². The molecule has 2 aromatic carbocycles. The molecule has 136 valence electrons. The number of carbonyl (C=O) groups excluding carboxylic acids is 1. The molecule has 0 aliphatic heterocycles. The van der Waals surface area contributed by atoms with Gasteiger partial charge in [0, 0.05) is 13.1 Å². The van der Waals surface area contributed by atoms with Crippen LogP contribution < -0.4 is 14.2 Å². The maximum atomic E-state index is 12.2. The number of nitriles is 1. The molecule has 0 radical (unpaired) electrons. The molecule has 2 rings (SSSR count). The van der Waals surface area contributed by atoms with Crippen molar-refractivity contribution in [2.24, 2.45) is 0 Å². The lowest BCUT2D eigenvalue weighted by atomic mass is 10.2. The maximum Gasteiger partial charge on any atom is 0.260 e. The number of hydrogen-bond donors (Lipinski definition) is 0. The highest BCUT2D eigenvalue weighted by molar-refractivity contribution is 5.77. The van der Waals surface area contributed by atoms with Crippen molar-refractivity contribution in [1.29, 1.82) is 5.26 Å².